The maximum Gasteiger partial charge on any atom is 0.341 e. The van der Waals surface area contributed by atoms with E-state index in [-0.39, 0.29) is 5.91 Å². The summed E-state index contributed by atoms with van der Waals surface area (Å²) in [5.41, 5.74) is 1.78. The van der Waals surface area contributed by atoms with Crippen LogP contribution in [0.5, 0.6) is 11.5 Å². The lowest BCUT2D eigenvalue weighted by atomic mass is 10.2. The molecule has 27 heavy (non-hydrogen) atoms. The molecule has 0 saturated heterocycles. The molecule has 2 aromatic rings. The Kier molecular flexibility index (Phi) is 7.95. The molecule has 1 amide bonds. The van der Waals surface area contributed by atoms with Crippen molar-refractivity contribution in [1.82, 2.24) is 5.32 Å². The van der Waals surface area contributed by atoms with Gasteiger partial charge in [-0.15, -0.1) is 0 Å². The highest BCUT2D eigenvalue weighted by molar-refractivity contribution is 6.31. The number of aryl methyl sites for hydroxylation is 1. The normalized spacial score (nSPS) is 10.3. The average Bonchev–Trinajstić information content (AvgIpc) is 2.65. The molecule has 144 valence electrons. The number of amides is 1. The van der Waals surface area contributed by atoms with Crippen LogP contribution in [0.3, 0.4) is 0 Å². The first-order valence-corrected chi connectivity index (χ1v) is 8.91. The van der Waals surface area contributed by atoms with E-state index in [1.807, 2.05) is 19.1 Å². The van der Waals surface area contributed by atoms with E-state index in [1.54, 1.807) is 30.3 Å². The quantitative estimate of drug-likeness (QED) is 0.604. The SMILES string of the molecule is Cc1cc(OCCCC(=O)NCc2cccc(OCC(=O)O)c2)ccc1Cl. The molecule has 0 fully saturated rings. The molecule has 7 heteroatoms. The number of hydrogen-bond acceptors (Lipinski definition) is 4. The number of rotatable bonds is 10. The molecule has 0 aromatic heterocycles. The number of nitrogens with one attached hydrogen (secondary N) is 1. The van der Waals surface area contributed by atoms with Gasteiger partial charge in [-0.2, -0.15) is 0 Å². The number of hydrogen-bond donors (Lipinski definition) is 2. The first kappa shape index (κ1) is 20.6. The van der Waals surface area contributed by atoms with E-state index in [0.29, 0.717) is 36.8 Å². The molecule has 0 unspecified atom stereocenters. The number of carbonyl (C=O) groups excluding carboxylic acids is 1. The number of carboxylic acid groups (broad SMARTS) is 1. The lowest BCUT2D eigenvalue weighted by Gasteiger charge is -2.09. The Morgan fingerprint density at radius 2 is 1.89 bits per heavy atom. The van der Waals surface area contributed by atoms with E-state index < -0.39 is 12.6 Å². The van der Waals surface area contributed by atoms with Crippen molar-refractivity contribution < 1.29 is 24.2 Å². The first-order chi connectivity index (χ1) is 12.9. The fourth-order valence-corrected chi connectivity index (χ4v) is 2.43. The van der Waals surface area contributed by atoms with Crippen LogP contribution in [-0.4, -0.2) is 30.2 Å². The third-order valence-electron chi connectivity index (χ3n) is 3.70. The second-order valence-electron chi connectivity index (χ2n) is 5.97. The third kappa shape index (κ3) is 7.58. The predicted octanol–water partition coefficient (Wildman–Crippen LogP) is 3.59. The summed E-state index contributed by atoms with van der Waals surface area (Å²) in [5.74, 6) is 0.0683. The molecule has 0 aliphatic carbocycles. The van der Waals surface area contributed by atoms with E-state index in [4.69, 9.17) is 26.2 Å². The van der Waals surface area contributed by atoms with Crippen LogP contribution in [0.25, 0.3) is 0 Å². The molecule has 2 aromatic carbocycles. The zero-order valence-electron chi connectivity index (χ0n) is 15.0. The standard InChI is InChI=1S/C20H22ClNO5/c1-14-10-17(7-8-18(14)21)26-9-3-6-19(23)22-12-15-4-2-5-16(11-15)27-13-20(24)25/h2,4-5,7-8,10-11H,3,6,9,12-13H2,1H3,(H,22,23)(H,24,25). The maximum absolute atomic E-state index is 11.9. The third-order valence-corrected chi connectivity index (χ3v) is 4.12. The van der Waals surface area contributed by atoms with Crippen LogP contribution in [0.4, 0.5) is 0 Å². The summed E-state index contributed by atoms with van der Waals surface area (Å²) < 4.78 is 10.7. The molecule has 0 bridgehead atoms. The lowest BCUT2D eigenvalue weighted by Crippen LogP contribution is -2.23. The fraction of sp³-hybridized carbons (Fsp3) is 0.300. The number of halogens is 1. The Labute approximate surface area is 163 Å². The molecule has 0 spiro atoms. The summed E-state index contributed by atoms with van der Waals surface area (Å²) in [6.45, 7) is 2.29. The number of ether oxygens (including phenoxy) is 2. The van der Waals surface area contributed by atoms with Crippen molar-refractivity contribution in [3.63, 3.8) is 0 Å². The smallest absolute Gasteiger partial charge is 0.341 e. The molecule has 0 saturated carbocycles. The van der Waals surface area contributed by atoms with Gasteiger partial charge in [0.2, 0.25) is 5.91 Å². The minimum atomic E-state index is -1.04. The van der Waals surface area contributed by atoms with Crippen molar-refractivity contribution in [2.24, 2.45) is 0 Å². The minimum absolute atomic E-state index is 0.0808. The summed E-state index contributed by atoms with van der Waals surface area (Å²) in [6.07, 6.45) is 0.942. The molecule has 2 rings (SSSR count). The van der Waals surface area contributed by atoms with Gasteiger partial charge >= 0.3 is 5.97 Å². The minimum Gasteiger partial charge on any atom is -0.494 e. The van der Waals surface area contributed by atoms with Crippen LogP contribution in [0, 0.1) is 6.92 Å². The van der Waals surface area contributed by atoms with Gasteiger partial charge in [0.1, 0.15) is 11.5 Å². The topological polar surface area (TPSA) is 84.9 Å². The van der Waals surface area contributed by atoms with Crippen molar-refractivity contribution in [2.75, 3.05) is 13.2 Å². The summed E-state index contributed by atoms with van der Waals surface area (Å²) in [7, 11) is 0. The van der Waals surface area contributed by atoms with Crippen molar-refractivity contribution in [3.05, 3.63) is 58.6 Å². The highest BCUT2D eigenvalue weighted by Gasteiger charge is 2.05. The first-order valence-electron chi connectivity index (χ1n) is 8.53. The van der Waals surface area contributed by atoms with Gasteiger partial charge in [0, 0.05) is 18.0 Å². The Morgan fingerprint density at radius 3 is 2.63 bits per heavy atom. The molecule has 2 N–H and O–H groups in total. The molecule has 0 radical (unpaired) electrons. The van der Waals surface area contributed by atoms with Gasteiger partial charge in [-0.3, -0.25) is 4.79 Å². The summed E-state index contributed by atoms with van der Waals surface area (Å²) in [4.78, 5) is 22.5. The zero-order chi connectivity index (χ0) is 19.6. The van der Waals surface area contributed by atoms with Gasteiger partial charge in [-0.1, -0.05) is 23.7 Å². The Morgan fingerprint density at radius 1 is 1.11 bits per heavy atom. The molecular formula is C20H22ClNO5. The van der Waals surface area contributed by atoms with Gasteiger partial charge < -0.3 is 19.9 Å². The average molecular weight is 392 g/mol. The molecule has 6 nitrogen and oxygen atoms in total. The van der Waals surface area contributed by atoms with Gasteiger partial charge in [0.05, 0.1) is 6.61 Å². The maximum atomic E-state index is 11.9. The van der Waals surface area contributed by atoms with Gasteiger partial charge in [-0.05, 0) is 54.8 Å². The zero-order valence-corrected chi connectivity index (χ0v) is 15.8. The van der Waals surface area contributed by atoms with Crippen molar-refractivity contribution in [1.29, 1.82) is 0 Å². The van der Waals surface area contributed by atoms with Crippen molar-refractivity contribution >= 4 is 23.5 Å². The summed E-state index contributed by atoms with van der Waals surface area (Å²) in [6, 6.07) is 12.4. The van der Waals surface area contributed by atoms with E-state index in [1.165, 1.54) is 0 Å². The van der Waals surface area contributed by atoms with Crippen LogP contribution in [0.15, 0.2) is 42.5 Å². The number of carbonyl (C=O) groups is 2. The van der Waals surface area contributed by atoms with Crippen LogP contribution < -0.4 is 14.8 Å². The van der Waals surface area contributed by atoms with Crippen molar-refractivity contribution in [3.8, 4) is 11.5 Å². The number of benzene rings is 2. The predicted molar refractivity (Wildman–Crippen MR) is 102 cm³/mol. The Balaban J connectivity index is 1.68. The highest BCUT2D eigenvalue weighted by atomic mass is 35.5. The largest absolute Gasteiger partial charge is 0.494 e. The molecular weight excluding hydrogens is 370 g/mol. The van der Waals surface area contributed by atoms with E-state index in [2.05, 4.69) is 5.32 Å². The highest BCUT2D eigenvalue weighted by Crippen LogP contribution is 2.21. The molecule has 0 aliphatic heterocycles. The van der Waals surface area contributed by atoms with Crippen LogP contribution in [-0.2, 0) is 16.1 Å². The molecule has 0 aliphatic rings. The van der Waals surface area contributed by atoms with Gasteiger partial charge in [0.15, 0.2) is 6.61 Å². The second-order valence-corrected chi connectivity index (χ2v) is 6.38. The number of carboxylic acids is 1. The monoisotopic (exact) mass is 391 g/mol. The van der Waals surface area contributed by atoms with Crippen LogP contribution >= 0.6 is 11.6 Å². The Bertz CT molecular complexity index is 794. The Hall–Kier alpha value is -2.73. The second kappa shape index (κ2) is 10.4. The van der Waals surface area contributed by atoms with Gasteiger partial charge in [-0.25, -0.2) is 4.79 Å². The summed E-state index contributed by atoms with van der Waals surface area (Å²) in [5, 5.41) is 12.1. The van der Waals surface area contributed by atoms with Gasteiger partial charge in [0.25, 0.3) is 0 Å². The molecule has 0 atom stereocenters. The van der Waals surface area contributed by atoms with Crippen molar-refractivity contribution in [2.45, 2.75) is 26.3 Å². The summed E-state index contributed by atoms with van der Waals surface area (Å²) >= 11 is 5.97. The van der Waals surface area contributed by atoms with E-state index >= 15 is 0 Å². The lowest BCUT2D eigenvalue weighted by molar-refractivity contribution is -0.139. The van der Waals surface area contributed by atoms with E-state index in [0.717, 1.165) is 16.9 Å². The van der Waals surface area contributed by atoms with E-state index in [9.17, 15) is 9.59 Å². The number of aliphatic carboxylic acids is 1. The fourth-order valence-electron chi connectivity index (χ4n) is 2.31. The van der Waals surface area contributed by atoms with Crippen LogP contribution in [0.1, 0.15) is 24.0 Å². The van der Waals surface area contributed by atoms with Crippen LogP contribution in [0.2, 0.25) is 5.02 Å². The molecule has 0 heterocycles.